The molecule has 1 nitrogen and oxygen atoms in total. The van der Waals surface area contributed by atoms with E-state index in [0.29, 0.717) is 0 Å². The standard InChI is InChI=1S/C13H11ClO/c14-13(11-6-2-1-3-7-11)9-5-4-8-12(13)10-15/h1-10,12H. The van der Waals surface area contributed by atoms with Gasteiger partial charge in [-0.15, -0.1) is 11.6 Å². The molecule has 2 rings (SSSR count). The SMILES string of the molecule is O=CC1C=CC=CC1(Cl)c1ccccc1. The number of rotatable bonds is 2. The van der Waals surface area contributed by atoms with E-state index in [4.69, 9.17) is 11.6 Å². The first kappa shape index (κ1) is 10.2. The predicted molar refractivity (Wildman–Crippen MR) is 61.8 cm³/mol. The highest BCUT2D eigenvalue weighted by Gasteiger charge is 2.35. The number of halogens is 1. The Morgan fingerprint density at radius 2 is 1.93 bits per heavy atom. The van der Waals surface area contributed by atoms with E-state index in [9.17, 15) is 4.79 Å². The molecular formula is C13H11ClO. The number of carbonyl (C=O) groups excluding carboxylic acids is 1. The Kier molecular flexibility index (Phi) is 2.74. The molecule has 0 radical (unpaired) electrons. The molecule has 2 unspecified atom stereocenters. The summed E-state index contributed by atoms with van der Waals surface area (Å²) in [5.41, 5.74) is 0.948. The molecule has 0 aliphatic heterocycles. The third-order valence-electron chi connectivity index (χ3n) is 2.62. The van der Waals surface area contributed by atoms with E-state index in [1.54, 1.807) is 0 Å². The maximum atomic E-state index is 11.0. The molecule has 0 aromatic heterocycles. The highest BCUT2D eigenvalue weighted by molar-refractivity contribution is 6.26. The number of allylic oxidation sites excluding steroid dienone is 4. The molecule has 0 amide bonds. The van der Waals surface area contributed by atoms with Crippen molar-refractivity contribution in [3.05, 3.63) is 60.2 Å². The summed E-state index contributed by atoms with van der Waals surface area (Å²) in [6.07, 6.45) is 8.30. The molecular weight excluding hydrogens is 208 g/mol. The number of carbonyl (C=O) groups is 1. The number of alkyl halides is 1. The second-order valence-corrected chi connectivity index (χ2v) is 4.17. The molecule has 1 aromatic rings. The van der Waals surface area contributed by atoms with Gasteiger partial charge >= 0.3 is 0 Å². The highest BCUT2D eigenvalue weighted by Crippen LogP contribution is 2.40. The summed E-state index contributed by atoms with van der Waals surface area (Å²) in [4.78, 5) is 10.3. The number of hydrogen-bond acceptors (Lipinski definition) is 1. The largest absolute Gasteiger partial charge is 0.303 e. The first-order valence-electron chi connectivity index (χ1n) is 4.83. The summed E-state index contributed by atoms with van der Waals surface area (Å²) >= 11 is 6.50. The molecule has 1 aromatic carbocycles. The van der Waals surface area contributed by atoms with Crippen LogP contribution >= 0.6 is 11.6 Å². The van der Waals surface area contributed by atoms with E-state index >= 15 is 0 Å². The molecule has 15 heavy (non-hydrogen) atoms. The summed E-state index contributed by atoms with van der Waals surface area (Å²) in [7, 11) is 0. The quantitative estimate of drug-likeness (QED) is 0.551. The Labute approximate surface area is 94.1 Å². The van der Waals surface area contributed by atoms with Gasteiger partial charge in [0, 0.05) is 0 Å². The molecule has 0 saturated heterocycles. The van der Waals surface area contributed by atoms with Gasteiger partial charge in [-0.05, 0) is 5.56 Å². The fourth-order valence-corrected chi connectivity index (χ4v) is 2.08. The van der Waals surface area contributed by atoms with Crippen molar-refractivity contribution in [3.8, 4) is 0 Å². The minimum Gasteiger partial charge on any atom is -0.303 e. The summed E-state index contributed by atoms with van der Waals surface area (Å²) in [5, 5.41) is 0. The number of benzene rings is 1. The lowest BCUT2D eigenvalue weighted by atomic mass is 9.83. The lowest BCUT2D eigenvalue weighted by molar-refractivity contribution is -0.110. The Bertz CT molecular complexity index is 408. The van der Waals surface area contributed by atoms with Crippen molar-refractivity contribution >= 4 is 17.9 Å². The second kappa shape index (κ2) is 4.03. The average molecular weight is 219 g/mol. The van der Waals surface area contributed by atoms with Crippen molar-refractivity contribution in [2.24, 2.45) is 5.92 Å². The fraction of sp³-hybridized carbons (Fsp3) is 0.154. The van der Waals surface area contributed by atoms with Crippen LogP contribution < -0.4 is 0 Å². The van der Waals surface area contributed by atoms with E-state index in [2.05, 4.69) is 0 Å². The van der Waals surface area contributed by atoms with Crippen LogP contribution in [-0.4, -0.2) is 6.29 Å². The van der Waals surface area contributed by atoms with Crippen molar-refractivity contribution in [2.75, 3.05) is 0 Å². The monoisotopic (exact) mass is 218 g/mol. The molecule has 0 saturated carbocycles. The molecule has 2 atom stereocenters. The van der Waals surface area contributed by atoms with Crippen LogP contribution in [-0.2, 0) is 9.67 Å². The summed E-state index contributed by atoms with van der Waals surface area (Å²) in [6.45, 7) is 0. The maximum absolute atomic E-state index is 11.0. The van der Waals surface area contributed by atoms with E-state index in [1.165, 1.54) is 0 Å². The van der Waals surface area contributed by atoms with Crippen molar-refractivity contribution < 1.29 is 4.79 Å². The van der Waals surface area contributed by atoms with Crippen LogP contribution in [0.1, 0.15) is 5.56 Å². The smallest absolute Gasteiger partial charge is 0.129 e. The molecule has 0 heterocycles. The predicted octanol–water partition coefficient (Wildman–Crippen LogP) is 3.06. The maximum Gasteiger partial charge on any atom is 0.129 e. The third-order valence-corrected chi connectivity index (χ3v) is 3.21. The van der Waals surface area contributed by atoms with Crippen LogP contribution in [0.5, 0.6) is 0 Å². The Hall–Kier alpha value is -1.34. The number of aldehydes is 1. The van der Waals surface area contributed by atoms with Crippen molar-refractivity contribution in [1.82, 2.24) is 0 Å². The third kappa shape index (κ3) is 1.75. The van der Waals surface area contributed by atoms with Crippen LogP contribution in [0.2, 0.25) is 0 Å². The molecule has 0 fully saturated rings. The van der Waals surface area contributed by atoms with Gasteiger partial charge in [-0.1, -0.05) is 54.6 Å². The fourth-order valence-electron chi connectivity index (χ4n) is 1.76. The average Bonchev–Trinajstić information content (AvgIpc) is 2.31. The van der Waals surface area contributed by atoms with Gasteiger partial charge in [0.2, 0.25) is 0 Å². The van der Waals surface area contributed by atoms with Crippen LogP contribution in [0, 0.1) is 5.92 Å². The minimum atomic E-state index is -0.724. The van der Waals surface area contributed by atoms with Crippen LogP contribution in [0.25, 0.3) is 0 Å². The zero-order valence-corrected chi connectivity index (χ0v) is 8.89. The lowest BCUT2D eigenvalue weighted by Gasteiger charge is -2.29. The zero-order chi connectivity index (χ0) is 10.7. The van der Waals surface area contributed by atoms with Gasteiger partial charge in [-0.25, -0.2) is 0 Å². The Morgan fingerprint density at radius 3 is 2.60 bits per heavy atom. The van der Waals surface area contributed by atoms with Gasteiger partial charge in [0.1, 0.15) is 11.2 Å². The molecule has 0 spiro atoms. The van der Waals surface area contributed by atoms with E-state index in [0.717, 1.165) is 11.8 Å². The van der Waals surface area contributed by atoms with Crippen molar-refractivity contribution in [1.29, 1.82) is 0 Å². The van der Waals surface area contributed by atoms with Crippen LogP contribution in [0.4, 0.5) is 0 Å². The second-order valence-electron chi connectivity index (χ2n) is 3.54. The van der Waals surface area contributed by atoms with E-state index < -0.39 is 4.87 Å². The summed E-state index contributed by atoms with van der Waals surface area (Å²) < 4.78 is 0. The zero-order valence-electron chi connectivity index (χ0n) is 8.14. The van der Waals surface area contributed by atoms with Gasteiger partial charge in [0.25, 0.3) is 0 Å². The van der Waals surface area contributed by atoms with Crippen LogP contribution in [0.3, 0.4) is 0 Å². The van der Waals surface area contributed by atoms with Gasteiger partial charge < -0.3 is 4.79 Å². The van der Waals surface area contributed by atoms with E-state index in [-0.39, 0.29) is 5.92 Å². The minimum absolute atomic E-state index is 0.299. The van der Waals surface area contributed by atoms with Gasteiger partial charge in [-0.2, -0.15) is 0 Å². The van der Waals surface area contributed by atoms with Crippen molar-refractivity contribution in [2.45, 2.75) is 4.87 Å². The molecule has 1 aliphatic carbocycles. The summed E-state index contributed by atoms with van der Waals surface area (Å²) in [6, 6.07) is 9.66. The number of hydrogen-bond donors (Lipinski definition) is 0. The molecule has 1 aliphatic rings. The van der Waals surface area contributed by atoms with Crippen molar-refractivity contribution in [3.63, 3.8) is 0 Å². The van der Waals surface area contributed by atoms with Crippen LogP contribution in [0.15, 0.2) is 54.6 Å². The van der Waals surface area contributed by atoms with Gasteiger partial charge in [-0.3, -0.25) is 0 Å². The van der Waals surface area contributed by atoms with E-state index in [1.807, 2.05) is 54.6 Å². The summed E-state index contributed by atoms with van der Waals surface area (Å²) in [5.74, 6) is -0.299. The normalized spacial score (nSPS) is 29.0. The molecule has 2 heteroatoms. The first-order chi connectivity index (χ1) is 7.27. The topological polar surface area (TPSA) is 17.1 Å². The molecule has 0 N–H and O–H groups in total. The van der Waals surface area contributed by atoms with Gasteiger partial charge in [0.05, 0.1) is 5.92 Å². The van der Waals surface area contributed by atoms with Gasteiger partial charge in [0.15, 0.2) is 0 Å². The first-order valence-corrected chi connectivity index (χ1v) is 5.21. The Balaban J connectivity index is 2.45. The molecule has 76 valence electrons. The molecule has 0 bridgehead atoms. The highest BCUT2D eigenvalue weighted by atomic mass is 35.5. The Morgan fingerprint density at radius 1 is 1.20 bits per heavy atom. The lowest BCUT2D eigenvalue weighted by Crippen LogP contribution is -2.28.